The molecule has 0 aromatic heterocycles. The third-order valence-corrected chi connectivity index (χ3v) is 2.36. The zero-order valence-electron chi connectivity index (χ0n) is 12.2. The van der Waals surface area contributed by atoms with Gasteiger partial charge in [0.15, 0.2) is 6.29 Å². The third-order valence-electron chi connectivity index (χ3n) is 2.36. The van der Waals surface area contributed by atoms with E-state index in [1.54, 1.807) is 13.8 Å². The molecular weight excluding hydrogens is 276 g/mol. The Balaban J connectivity index is 2.88. The topological polar surface area (TPSA) is 82.1 Å². The van der Waals surface area contributed by atoms with Gasteiger partial charge in [0.2, 0.25) is 0 Å². The second-order valence-electron chi connectivity index (χ2n) is 4.31. The number of esters is 2. The van der Waals surface area contributed by atoms with E-state index in [1.807, 2.05) is 0 Å². The van der Waals surface area contributed by atoms with Crippen LogP contribution in [0.4, 0.5) is 0 Å². The zero-order chi connectivity index (χ0) is 16.0. The van der Waals surface area contributed by atoms with Crippen molar-refractivity contribution in [2.75, 3.05) is 6.61 Å². The molecule has 0 amide bonds. The maximum absolute atomic E-state index is 11.9. The van der Waals surface area contributed by atoms with E-state index in [2.05, 4.69) is 6.58 Å². The molecule has 0 heterocycles. The van der Waals surface area contributed by atoms with Gasteiger partial charge in [-0.1, -0.05) is 6.58 Å². The van der Waals surface area contributed by atoms with Crippen LogP contribution in [-0.4, -0.2) is 29.9 Å². The first kappa shape index (κ1) is 16.7. The second-order valence-corrected chi connectivity index (χ2v) is 4.31. The van der Waals surface area contributed by atoms with Crippen LogP contribution in [-0.2, 0) is 14.3 Å². The van der Waals surface area contributed by atoms with E-state index in [1.165, 1.54) is 25.1 Å². The highest BCUT2D eigenvalue weighted by Crippen LogP contribution is 2.23. The molecule has 114 valence electrons. The van der Waals surface area contributed by atoms with E-state index in [-0.39, 0.29) is 22.6 Å². The summed E-state index contributed by atoms with van der Waals surface area (Å²) in [6.45, 7) is 8.68. The van der Waals surface area contributed by atoms with E-state index in [0.29, 0.717) is 6.61 Å². The first-order chi connectivity index (χ1) is 9.83. The number of aromatic hydroxyl groups is 1. The van der Waals surface area contributed by atoms with Gasteiger partial charge in [-0.05, 0) is 32.9 Å². The molecule has 0 saturated carbocycles. The number of hydrogen-bond acceptors (Lipinski definition) is 6. The molecule has 0 fully saturated rings. The number of hydrogen-bond donors (Lipinski definition) is 1. The Kier molecular flexibility index (Phi) is 5.92. The molecule has 1 aromatic carbocycles. The highest BCUT2D eigenvalue weighted by atomic mass is 16.7. The fourth-order valence-electron chi connectivity index (χ4n) is 1.44. The Bertz CT molecular complexity index is 549. The van der Waals surface area contributed by atoms with Gasteiger partial charge in [-0.15, -0.1) is 0 Å². The number of carbonyl (C=O) groups is 2. The summed E-state index contributed by atoms with van der Waals surface area (Å²) in [5.74, 6) is -1.54. The maximum Gasteiger partial charge on any atom is 0.340 e. The minimum atomic E-state index is -0.716. The molecule has 6 heteroatoms. The normalized spacial score (nSPS) is 11.6. The lowest BCUT2D eigenvalue weighted by molar-refractivity contribution is -0.130. The zero-order valence-corrected chi connectivity index (χ0v) is 12.2. The number of rotatable bonds is 6. The van der Waals surface area contributed by atoms with Crippen molar-refractivity contribution >= 4 is 11.9 Å². The molecule has 0 spiro atoms. The van der Waals surface area contributed by atoms with Gasteiger partial charge in [0, 0.05) is 18.2 Å². The Morgan fingerprint density at radius 2 is 2.00 bits per heavy atom. The van der Waals surface area contributed by atoms with Gasteiger partial charge >= 0.3 is 11.9 Å². The monoisotopic (exact) mass is 294 g/mol. The van der Waals surface area contributed by atoms with Crippen molar-refractivity contribution in [1.29, 1.82) is 0 Å². The SMILES string of the molecule is C=C(C)C(=O)Oc1cc(O)cc(C(=O)OC(C)OCC)c1. The molecular formula is C15H18O6. The van der Waals surface area contributed by atoms with Crippen LogP contribution in [0.5, 0.6) is 11.5 Å². The summed E-state index contributed by atoms with van der Waals surface area (Å²) in [5.41, 5.74) is 0.249. The average molecular weight is 294 g/mol. The molecule has 1 atom stereocenters. The molecule has 0 aliphatic heterocycles. The van der Waals surface area contributed by atoms with Crippen LogP contribution in [0.25, 0.3) is 0 Å². The summed E-state index contributed by atoms with van der Waals surface area (Å²) in [6, 6.07) is 3.71. The Labute approximate surface area is 122 Å². The van der Waals surface area contributed by atoms with E-state index in [0.717, 1.165) is 0 Å². The van der Waals surface area contributed by atoms with Gasteiger partial charge in [-0.2, -0.15) is 0 Å². The number of ether oxygens (including phenoxy) is 3. The Hall–Kier alpha value is -2.34. The summed E-state index contributed by atoms with van der Waals surface area (Å²) < 4.78 is 15.1. The predicted molar refractivity (Wildman–Crippen MR) is 75.1 cm³/mol. The quantitative estimate of drug-likeness (QED) is 0.375. The fourth-order valence-corrected chi connectivity index (χ4v) is 1.44. The fraction of sp³-hybridized carbons (Fsp3) is 0.333. The third kappa shape index (κ3) is 5.27. The van der Waals surface area contributed by atoms with Crippen LogP contribution in [0.3, 0.4) is 0 Å². The lowest BCUT2D eigenvalue weighted by atomic mass is 10.2. The lowest BCUT2D eigenvalue weighted by Gasteiger charge is -2.13. The number of benzene rings is 1. The van der Waals surface area contributed by atoms with Crippen molar-refractivity contribution in [2.24, 2.45) is 0 Å². The summed E-state index contributed by atoms with van der Waals surface area (Å²) in [4.78, 5) is 23.3. The number of phenols is 1. The standard InChI is InChI=1S/C15H18O6/c1-5-19-10(4)20-15(18)11-6-12(16)8-13(7-11)21-14(17)9(2)3/h6-8,10,16H,2,5H2,1,3-4H3. The van der Waals surface area contributed by atoms with E-state index in [9.17, 15) is 14.7 Å². The molecule has 0 saturated heterocycles. The molecule has 1 unspecified atom stereocenters. The molecule has 6 nitrogen and oxygen atoms in total. The van der Waals surface area contributed by atoms with Crippen molar-refractivity contribution in [1.82, 2.24) is 0 Å². The van der Waals surface area contributed by atoms with Crippen LogP contribution < -0.4 is 4.74 Å². The first-order valence-corrected chi connectivity index (χ1v) is 6.37. The molecule has 0 bridgehead atoms. The molecule has 1 N–H and O–H groups in total. The molecule has 21 heavy (non-hydrogen) atoms. The van der Waals surface area contributed by atoms with Crippen LogP contribution in [0, 0.1) is 0 Å². The Morgan fingerprint density at radius 1 is 1.33 bits per heavy atom. The first-order valence-electron chi connectivity index (χ1n) is 6.37. The second kappa shape index (κ2) is 7.44. The number of carbonyl (C=O) groups excluding carboxylic acids is 2. The summed E-state index contributed by atoms with van der Waals surface area (Å²) >= 11 is 0. The van der Waals surface area contributed by atoms with Gasteiger partial charge in [-0.3, -0.25) is 0 Å². The van der Waals surface area contributed by atoms with E-state index < -0.39 is 18.2 Å². The van der Waals surface area contributed by atoms with Gasteiger partial charge in [0.05, 0.1) is 5.56 Å². The van der Waals surface area contributed by atoms with Gasteiger partial charge in [-0.25, -0.2) is 9.59 Å². The van der Waals surface area contributed by atoms with Crippen LogP contribution in [0.1, 0.15) is 31.1 Å². The number of phenolic OH excluding ortho intramolecular Hbond substituents is 1. The molecule has 0 aliphatic carbocycles. The van der Waals surface area contributed by atoms with Crippen molar-refractivity contribution in [3.8, 4) is 11.5 Å². The van der Waals surface area contributed by atoms with Crippen molar-refractivity contribution < 1.29 is 28.9 Å². The maximum atomic E-state index is 11.9. The molecule has 1 rings (SSSR count). The van der Waals surface area contributed by atoms with Crippen LogP contribution in [0.2, 0.25) is 0 Å². The van der Waals surface area contributed by atoms with Crippen LogP contribution in [0.15, 0.2) is 30.4 Å². The van der Waals surface area contributed by atoms with Gasteiger partial charge in [0.1, 0.15) is 11.5 Å². The largest absolute Gasteiger partial charge is 0.508 e. The molecule has 0 aliphatic rings. The molecule has 1 aromatic rings. The highest BCUT2D eigenvalue weighted by Gasteiger charge is 2.15. The summed E-state index contributed by atoms with van der Waals surface area (Å²) in [5, 5.41) is 9.58. The van der Waals surface area contributed by atoms with E-state index >= 15 is 0 Å². The highest BCUT2D eigenvalue weighted by molar-refractivity contribution is 5.92. The Morgan fingerprint density at radius 3 is 2.57 bits per heavy atom. The minimum absolute atomic E-state index is 0.0269. The minimum Gasteiger partial charge on any atom is -0.508 e. The van der Waals surface area contributed by atoms with Crippen molar-refractivity contribution in [3.63, 3.8) is 0 Å². The average Bonchev–Trinajstić information content (AvgIpc) is 2.37. The van der Waals surface area contributed by atoms with Crippen molar-refractivity contribution in [2.45, 2.75) is 27.1 Å². The van der Waals surface area contributed by atoms with Crippen molar-refractivity contribution in [3.05, 3.63) is 35.9 Å². The van der Waals surface area contributed by atoms with Crippen LogP contribution >= 0.6 is 0 Å². The summed E-state index contributed by atoms with van der Waals surface area (Å²) in [6.07, 6.45) is -0.716. The summed E-state index contributed by atoms with van der Waals surface area (Å²) in [7, 11) is 0. The lowest BCUT2D eigenvalue weighted by Crippen LogP contribution is -2.18. The van der Waals surface area contributed by atoms with E-state index in [4.69, 9.17) is 14.2 Å². The van der Waals surface area contributed by atoms with Gasteiger partial charge in [0.25, 0.3) is 0 Å². The molecule has 0 radical (unpaired) electrons. The smallest absolute Gasteiger partial charge is 0.340 e. The predicted octanol–water partition coefficient (Wildman–Crippen LogP) is 2.41. The van der Waals surface area contributed by atoms with Gasteiger partial charge < -0.3 is 19.3 Å².